The van der Waals surface area contributed by atoms with E-state index in [1.54, 1.807) is 12.1 Å². The van der Waals surface area contributed by atoms with Crippen LogP contribution >= 0.6 is 35.0 Å². The summed E-state index contributed by atoms with van der Waals surface area (Å²) < 4.78 is 0. The zero-order valence-corrected chi connectivity index (χ0v) is 15.0. The van der Waals surface area contributed by atoms with Gasteiger partial charge in [0, 0.05) is 20.5 Å². The van der Waals surface area contributed by atoms with Crippen LogP contribution in [-0.2, 0) is 4.79 Å². The van der Waals surface area contributed by atoms with Crippen molar-refractivity contribution in [2.45, 2.75) is 13.8 Å². The summed E-state index contributed by atoms with van der Waals surface area (Å²) in [5.74, 6) is 0. The first-order chi connectivity index (χ1) is 10.9. The van der Waals surface area contributed by atoms with Gasteiger partial charge in [-0.2, -0.15) is 0 Å². The Morgan fingerprint density at radius 2 is 1.78 bits per heavy atom. The van der Waals surface area contributed by atoms with Gasteiger partial charge in [-0.25, -0.2) is 0 Å². The molecular weight excluding hydrogens is 347 g/mol. The minimum atomic E-state index is 0.0317. The average molecular weight is 361 g/mol. The lowest BCUT2D eigenvalue weighted by Gasteiger charge is -2.04. The molecule has 2 aromatic carbocycles. The summed E-state index contributed by atoms with van der Waals surface area (Å²) >= 11 is 13.3. The van der Waals surface area contributed by atoms with Crippen molar-refractivity contribution in [2.75, 3.05) is 0 Å². The second kappa shape index (κ2) is 6.56. The average Bonchev–Trinajstić information content (AvgIpc) is 2.86. The van der Waals surface area contributed by atoms with Crippen LogP contribution in [0.3, 0.4) is 0 Å². The van der Waals surface area contributed by atoms with Gasteiger partial charge >= 0.3 is 0 Å². The molecule has 0 amide bonds. The molecule has 0 aliphatic carbocycles. The summed E-state index contributed by atoms with van der Waals surface area (Å²) in [7, 11) is 0. The predicted octanol–water partition coefficient (Wildman–Crippen LogP) is 6.31. The van der Waals surface area contributed by atoms with Gasteiger partial charge in [-0.3, -0.25) is 4.79 Å². The standard InChI is InChI=1S/C19H14Cl2OS/c1-11-3-4-14(7-12(11)2)18-9-15(19(22)23-18)8-13-5-6-16(20)10-17(13)21/h3-10H,1-2H3/b15-8+. The summed E-state index contributed by atoms with van der Waals surface area (Å²) in [6.07, 6.45) is 3.73. The summed E-state index contributed by atoms with van der Waals surface area (Å²) in [5, 5.41) is 1.15. The van der Waals surface area contributed by atoms with E-state index in [1.165, 1.54) is 22.9 Å². The van der Waals surface area contributed by atoms with E-state index >= 15 is 0 Å². The highest BCUT2D eigenvalue weighted by molar-refractivity contribution is 8.22. The van der Waals surface area contributed by atoms with E-state index in [1.807, 2.05) is 24.3 Å². The highest BCUT2D eigenvalue weighted by Gasteiger charge is 2.21. The number of allylic oxidation sites excluding steroid dienone is 1. The molecule has 4 heteroatoms. The summed E-state index contributed by atoms with van der Waals surface area (Å²) in [4.78, 5) is 13.2. The van der Waals surface area contributed by atoms with Gasteiger partial charge in [-0.1, -0.05) is 47.5 Å². The second-order valence-electron chi connectivity index (χ2n) is 5.46. The first kappa shape index (κ1) is 16.4. The number of carbonyl (C=O) groups is 1. The molecule has 0 unspecified atom stereocenters. The Hall–Kier alpha value is -1.48. The van der Waals surface area contributed by atoms with E-state index in [4.69, 9.17) is 23.2 Å². The topological polar surface area (TPSA) is 17.1 Å². The molecule has 0 N–H and O–H groups in total. The highest BCUT2D eigenvalue weighted by Crippen LogP contribution is 2.39. The van der Waals surface area contributed by atoms with Gasteiger partial charge in [0.1, 0.15) is 0 Å². The monoisotopic (exact) mass is 360 g/mol. The van der Waals surface area contributed by atoms with Gasteiger partial charge in [0.05, 0.1) is 0 Å². The molecular formula is C19H14Cl2OS. The summed E-state index contributed by atoms with van der Waals surface area (Å²) in [6.45, 7) is 4.15. The molecule has 23 heavy (non-hydrogen) atoms. The predicted molar refractivity (Wildman–Crippen MR) is 101 cm³/mol. The van der Waals surface area contributed by atoms with E-state index < -0.39 is 0 Å². The maximum atomic E-state index is 12.3. The normalized spacial score (nSPS) is 16.1. The number of hydrogen-bond acceptors (Lipinski definition) is 2. The van der Waals surface area contributed by atoms with Gasteiger partial charge in [-0.05, 0) is 72.1 Å². The van der Waals surface area contributed by atoms with Crippen molar-refractivity contribution in [3.63, 3.8) is 0 Å². The number of hydrogen-bond donors (Lipinski definition) is 0. The third kappa shape index (κ3) is 3.55. The molecule has 0 bridgehead atoms. The molecule has 0 atom stereocenters. The van der Waals surface area contributed by atoms with Crippen LogP contribution in [0.1, 0.15) is 22.3 Å². The van der Waals surface area contributed by atoms with Crippen LogP contribution in [-0.4, -0.2) is 5.12 Å². The minimum Gasteiger partial charge on any atom is -0.281 e. The van der Waals surface area contributed by atoms with Crippen molar-refractivity contribution in [3.05, 3.63) is 80.3 Å². The zero-order chi connectivity index (χ0) is 16.6. The number of halogens is 2. The van der Waals surface area contributed by atoms with Crippen LogP contribution in [0.25, 0.3) is 11.0 Å². The smallest absolute Gasteiger partial charge is 0.224 e. The lowest BCUT2D eigenvalue weighted by Crippen LogP contribution is -1.88. The molecule has 0 radical (unpaired) electrons. The third-order valence-electron chi connectivity index (χ3n) is 3.79. The first-order valence-electron chi connectivity index (χ1n) is 7.12. The Labute approximate surface area is 150 Å². The highest BCUT2D eigenvalue weighted by atomic mass is 35.5. The van der Waals surface area contributed by atoms with Gasteiger partial charge in [-0.15, -0.1) is 0 Å². The molecule has 0 fully saturated rings. The number of carbonyl (C=O) groups excluding carboxylic acids is 1. The lowest BCUT2D eigenvalue weighted by atomic mass is 10.0. The maximum absolute atomic E-state index is 12.3. The second-order valence-corrected chi connectivity index (χ2v) is 7.32. The Morgan fingerprint density at radius 1 is 1.00 bits per heavy atom. The quantitative estimate of drug-likeness (QED) is 0.583. The largest absolute Gasteiger partial charge is 0.281 e. The third-order valence-corrected chi connectivity index (χ3v) is 5.35. The van der Waals surface area contributed by atoms with Crippen molar-refractivity contribution in [1.29, 1.82) is 0 Å². The van der Waals surface area contributed by atoms with Crippen LogP contribution in [0.5, 0.6) is 0 Å². The number of aryl methyl sites for hydroxylation is 2. The summed E-state index contributed by atoms with van der Waals surface area (Å²) in [5.41, 5.74) is 4.96. The zero-order valence-electron chi connectivity index (χ0n) is 12.7. The molecule has 1 aliphatic heterocycles. The molecule has 0 saturated heterocycles. The van der Waals surface area contributed by atoms with E-state index in [-0.39, 0.29) is 5.12 Å². The number of rotatable bonds is 2. The number of benzene rings is 2. The van der Waals surface area contributed by atoms with Crippen molar-refractivity contribution in [3.8, 4) is 0 Å². The Morgan fingerprint density at radius 3 is 2.48 bits per heavy atom. The maximum Gasteiger partial charge on any atom is 0.224 e. The van der Waals surface area contributed by atoms with E-state index in [2.05, 4.69) is 26.0 Å². The molecule has 1 nitrogen and oxygen atoms in total. The molecule has 1 aliphatic rings. The van der Waals surface area contributed by atoms with Gasteiger partial charge in [0.15, 0.2) is 0 Å². The van der Waals surface area contributed by atoms with Crippen LogP contribution in [0, 0.1) is 13.8 Å². The van der Waals surface area contributed by atoms with Crippen LogP contribution in [0.4, 0.5) is 0 Å². The van der Waals surface area contributed by atoms with E-state index in [0.29, 0.717) is 15.6 Å². The lowest BCUT2D eigenvalue weighted by molar-refractivity contribution is -0.107. The fourth-order valence-corrected chi connectivity index (χ4v) is 3.64. The molecule has 0 spiro atoms. The van der Waals surface area contributed by atoms with Crippen molar-refractivity contribution in [1.82, 2.24) is 0 Å². The Bertz CT molecular complexity index is 866. The Balaban J connectivity index is 1.97. The molecule has 2 aromatic rings. The van der Waals surface area contributed by atoms with E-state index in [9.17, 15) is 4.79 Å². The number of thioether (sulfide) groups is 1. The van der Waals surface area contributed by atoms with Crippen molar-refractivity contribution >= 4 is 51.1 Å². The fourth-order valence-electron chi connectivity index (χ4n) is 2.31. The van der Waals surface area contributed by atoms with Crippen LogP contribution in [0.2, 0.25) is 10.0 Å². The molecule has 116 valence electrons. The van der Waals surface area contributed by atoms with Gasteiger partial charge in [0.25, 0.3) is 0 Å². The van der Waals surface area contributed by atoms with Crippen molar-refractivity contribution < 1.29 is 4.79 Å². The molecule has 3 rings (SSSR count). The van der Waals surface area contributed by atoms with E-state index in [0.717, 1.165) is 16.0 Å². The molecule has 0 aromatic heterocycles. The summed E-state index contributed by atoms with van der Waals surface area (Å²) in [6, 6.07) is 11.5. The van der Waals surface area contributed by atoms with Crippen molar-refractivity contribution in [2.24, 2.45) is 0 Å². The van der Waals surface area contributed by atoms with Crippen LogP contribution < -0.4 is 0 Å². The SMILES string of the molecule is Cc1ccc(C2=C/C(=C\c3ccc(Cl)cc3Cl)C(=O)S2)cc1C. The molecule has 1 heterocycles. The minimum absolute atomic E-state index is 0.0317. The molecule has 0 saturated carbocycles. The fraction of sp³-hybridized carbons (Fsp3) is 0.105. The van der Waals surface area contributed by atoms with Gasteiger partial charge < -0.3 is 0 Å². The first-order valence-corrected chi connectivity index (χ1v) is 8.69. The Kier molecular flexibility index (Phi) is 4.67. The van der Waals surface area contributed by atoms with Gasteiger partial charge in [0.2, 0.25) is 5.12 Å². The van der Waals surface area contributed by atoms with Crippen LogP contribution in [0.15, 0.2) is 48.0 Å².